The number of methoxy groups -OCH3 is 1. The quantitative estimate of drug-likeness (QED) is 0.469. The predicted octanol–water partition coefficient (Wildman–Crippen LogP) is 2.80. The average Bonchev–Trinajstić information content (AvgIpc) is 2.46. The normalized spacial score (nSPS) is 10.2. The molecule has 1 aromatic carbocycles. The van der Waals surface area contributed by atoms with E-state index in [1.165, 1.54) is 14.2 Å². The molecule has 0 fully saturated rings. The molecule has 0 spiro atoms. The summed E-state index contributed by atoms with van der Waals surface area (Å²) in [6.45, 7) is 6.01. The fourth-order valence-electron chi connectivity index (χ4n) is 1.44. The Hall–Kier alpha value is -1.84. The van der Waals surface area contributed by atoms with Gasteiger partial charge in [0.05, 0.1) is 7.11 Å². The molecule has 0 amide bonds. The Morgan fingerprint density at radius 1 is 1.22 bits per heavy atom. The third kappa shape index (κ3) is 4.20. The van der Waals surface area contributed by atoms with Gasteiger partial charge in [0.2, 0.25) is 0 Å². The number of esters is 1. The Bertz CT molecular complexity index is 400. The fraction of sp³-hybridized carbons (Fsp3) is 0.429. The second kappa shape index (κ2) is 9.22. The molecule has 0 atom stereocenters. The molecule has 0 radical (unpaired) electrons. The van der Waals surface area contributed by atoms with Gasteiger partial charge in [-0.1, -0.05) is 50.2 Å². The highest BCUT2D eigenvalue weighted by molar-refractivity contribution is 6.43. The van der Waals surface area contributed by atoms with E-state index in [2.05, 4.69) is 14.7 Å². The standard InChI is InChI=1S/C12H15NO3.C2H6/c1-4-9-7-5-6-8-10(9)11(13-16-3)12(14)15-2;1-2/h5-8H,4H2,1-3H3;1-2H3/b13-11-;. The molecule has 4 heteroatoms. The van der Waals surface area contributed by atoms with Gasteiger partial charge in [0.15, 0.2) is 5.71 Å². The highest BCUT2D eigenvalue weighted by atomic mass is 16.6. The largest absolute Gasteiger partial charge is 0.464 e. The number of nitrogens with zero attached hydrogens (tertiary/aromatic N) is 1. The van der Waals surface area contributed by atoms with Gasteiger partial charge in [-0.15, -0.1) is 0 Å². The molecule has 0 saturated heterocycles. The van der Waals surface area contributed by atoms with Gasteiger partial charge in [-0.25, -0.2) is 4.79 Å². The monoisotopic (exact) mass is 251 g/mol. The molecular weight excluding hydrogens is 230 g/mol. The lowest BCUT2D eigenvalue weighted by Gasteiger charge is -2.08. The van der Waals surface area contributed by atoms with E-state index in [-0.39, 0.29) is 5.71 Å². The van der Waals surface area contributed by atoms with Crippen LogP contribution in [0.25, 0.3) is 0 Å². The Balaban J connectivity index is 0.00000137. The Morgan fingerprint density at radius 2 is 1.83 bits per heavy atom. The van der Waals surface area contributed by atoms with Crippen LogP contribution < -0.4 is 0 Å². The number of oxime groups is 1. The van der Waals surface area contributed by atoms with E-state index in [0.717, 1.165) is 17.5 Å². The molecule has 0 bridgehead atoms. The second-order valence-electron chi connectivity index (χ2n) is 3.12. The highest BCUT2D eigenvalue weighted by Crippen LogP contribution is 2.12. The van der Waals surface area contributed by atoms with Gasteiger partial charge >= 0.3 is 5.97 Å². The molecule has 18 heavy (non-hydrogen) atoms. The van der Waals surface area contributed by atoms with Crippen LogP contribution in [-0.2, 0) is 20.8 Å². The molecule has 1 aromatic rings. The van der Waals surface area contributed by atoms with E-state index in [1.54, 1.807) is 0 Å². The maximum absolute atomic E-state index is 11.5. The minimum Gasteiger partial charge on any atom is -0.464 e. The third-order valence-electron chi connectivity index (χ3n) is 2.21. The number of rotatable bonds is 4. The summed E-state index contributed by atoms with van der Waals surface area (Å²) in [4.78, 5) is 16.2. The minimum absolute atomic E-state index is 0.197. The Morgan fingerprint density at radius 3 is 2.33 bits per heavy atom. The first-order valence-electron chi connectivity index (χ1n) is 6.02. The van der Waals surface area contributed by atoms with Crippen molar-refractivity contribution >= 4 is 11.7 Å². The summed E-state index contributed by atoms with van der Waals surface area (Å²) in [7, 11) is 2.72. The second-order valence-corrected chi connectivity index (χ2v) is 3.12. The SMILES string of the molecule is CC.CCc1ccccc1/C(=N/OC)C(=O)OC. The van der Waals surface area contributed by atoms with Crippen LogP contribution in [0, 0.1) is 0 Å². The van der Waals surface area contributed by atoms with E-state index in [4.69, 9.17) is 0 Å². The van der Waals surface area contributed by atoms with Gasteiger partial charge in [-0.3, -0.25) is 0 Å². The van der Waals surface area contributed by atoms with Crippen LogP contribution >= 0.6 is 0 Å². The third-order valence-corrected chi connectivity index (χ3v) is 2.21. The number of benzene rings is 1. The van der Waals surface area contributed by atoms with Crippen molar-refractivity contribution in [2.45, 2.75) is 27.2 Å². The van der Waals surface area contributed by atoms with Crippen molar-refractivity contribution in [3.63, 3.8) is 0 Å². The van der Waals surface area contributed by atoms with Crippen LogP contribution in [0.5, 0.6) is 0 Å². The Labute approximate surface area is 109 Å². The molecule has 1 rings (SSSR count). The zero-order chi connectivity index (χ0) is 14.0. The van der Waals surface area contributed by atoms with Gasteiger partial charge in [0, 0.05) is 5.56 Å². The number of ether oxygens (including phenoxy) is 1. The van der Waals surface area contributed by atoms with Gasteiger partial charge in [-0.05, 0) is 12.0 Å². The summed E-state index contributed by atoms with van der Waals surface area (Å²) >= 11 is 0. The van der Waals surface area contributed by atoms with Crippen LogP contribution in [-0.4, -0.2) is 25.9 Å². The van der Waals surface area contributed by atoms with Crippen molar-refractivity contribution in [2.75, 3.05) is 14.2 Å². The molecule has 100 valence electrons. The molecule has 0 aliphatic carbocycles. The number of hydrogen-bond acceptors (Lipinski definition) is 4. The summed E-state index contributed by atoms with van der Waals surface area (Å²) in [5.41, 5.74) is 1.98. The number of carbonyl (C=O) groups excluding carboxylic acids is 1. The number of carbonyl (C=O) groups is 1. The average molecular weight is 251 g/mol. The van der Waals surface area contributed by atoms with Gasteiger partial charge in [0.1, 0.15) is 7.11 Å². The van der Waals surface area contributed by atoms with Crippen LogP contribution in [0.2, 0.25) is 0 Å². The van der Waals surface area contributed by atoms with E-state index in [1.807, 2.05) is 45.0 Å². The molecule has 0 aromatic heterocycles. The lowest BCUT2D eigenvalue weighted by atomic mass is 10.0. The molecule has 0 aliphatic heterocycles. The fourth-order valence-corrected chi connectivity index (χ4v) is 1.44. The number of aryl methyl sites for hydroxylation is 1. The lowest BCUT2D eigenvalue weighted by molar-refractivity contribution is -0.132. The van der Waals surface area contributed by atoms with E-state index < -0.39 is 5.97 Å². The summed E-state index contributed by atoms with van der Waals surface area (Å²) in [5, 5.41) is 3.72. The summed E-state index contributed by atoms with van der Waals surface area (Å²) < 4.78 is 4.67. The van der Waals surface area contributed by atoms with E-state index in [0.29, 0.717) is 0 Å². The van der Waals surface area contributed by atoms with Crippen molar-refractivity contribution in [3.8, 4) is 0 Å². The molecular formula is C14H21NO3. The van der Waals surface area contributed by atoms with Crippen molar-refractivity contribution in [1.29, 1.82) is 0 Å². The zero-order valence-electron chi connectivity index (χ0n) is 11.7. The van der Waals surface area contributed by atoms with Crippen LogP contribution in [0.4, 0.5) is 0 Å². The van der Waals surface area contributed by atoms with Crippen molar-refractivity contribution in [1.82, 2.24) is 0 Å². The first-order valence-corrected chi connectivity index (χ1v) is 6.02. The smallest absolute Gasteiger partial charge is 0.360 e. The molecule has 0 saturated carbocycles. The van der Waals surface area contributed by atoms with Crippen LogP contribution in [0.3, 0.4) is 0 Å². The number of hydrogen-bond donors (Lipinski definition) is 0. The molecule has 0 heterocycles. The molecule has 0 aliphatic rings. The van der Waals surface area contributed by atoms with Gasteiger partial charge in [0.25, 0.3) is 0 Å². The highest BCUT2D eigenvalue weighted by Gasteiger charge is 2.17. The predicted molar refractivity (Wildman–Crippen MR) is 72.7 cm³/mol. The minimum atomic E-state index is -0.497. The maximum atomic E-state index is 11.5. The van der Waals surface area contributed by atoms with E-state index in [9.17, 15) is 4.79 Å². The molecule has 4 nitrogen and oxygen atoms in total. The summed E-state index contributed by atoms with van der Waals surface area (Å²) in [6.07, 6.45) is 0.815. The molecule has 0 unspecified atom stereocenters. The van der Waals surface area contributed by atoms with Crippen molar-refractivity contribution in [2.24, 2.45) is 5.16 Å². The first kappa shape index (κ1) is 16.2. The van der Waals surface area contributed by atoms with Crippen LogP contribution in [0.15, 0.2) is 29.4 Å². The van der Waals surface area contributed by atoms with Crippen molar-refractivity contribution < 1.29 is 14.4 Å². The maximum Gasteiger partial charge on any atom is 0.360 e. The topological polar surface area (TPSA) is 47.9 Å². The van der Waals surface area contributed by atoms with Gasteiger partial charge < -0.3 is 9.57 Å². The lowest BCUT2D eigenvalue weighted by Crippen LogP contribution is -2.19. The summed E-state index contributed by atoms with van der Waals surface area (Å²) in [6, 6.07) is 7.55. The zero-order valence-corrected chi connectivity index (χ0v) is 11.7. The Kier molecular flexibility index (Phi) is 8.27. The van der Waals surface area contributed by atoms with Crippen LogP contribution in [0.1, 0.15) is 31.9 Å². The van der Waals surface area contributed by atoms with Gasteiger partial charge in [-0.2, -0.15) is 0 Å². The van der Waals surface area contributed by atoms with E-state index >= 15 is 0 Å². The first-order chi connectivity index (χ1) is 8.74. The summed E-state index contributed by atoms with van der Waals surface area (Å²) in [5.74, 6) is -0.497. The molecule has 0 N–H and O–H groups in total. The van der Waals surface area contributed by atoms with Crippen molar-refractivity contribution in [3.05, 3.63) is 35.4 Å².